The molecule has 1 aliphatic carbocycles. The summed E-state index contributed by atoms with van der Waals surface area (Å²) in [5.41, 5.74) is 2.33. The quantitative estimate of drug-likeness (QED) is 0.718. The van der Waals surface area contributed by atoms with E-state index in [0.29, 0.717) is 6.61 Å². The van der Waals surface area contributed by atoms with E-state index in [9.17, 15) is 0 Å². The van der Waals surface area contributed by atoms with Crippen LogP contribution in [0.4, 0.5) is 0 Å². The third kappa shape index (κ3) is 4.07. The zero-order chi connectivity index (χ0) is 12.6. The lowest BCUT2D eigenvalue weighted by atomic mass is 9.83. The second-order valence-electron chi connectivity index (χ2n) is 5.03. The van der Waals surface area contributed by atoms with Crippen LogP contribution in [0.1, 0.15) is 43.9 Å². The number of ether oxygens (including phenoxy) is 1. The molecule has 3 nitrogen and oxygen atoms in total. The number of rotatable bonds is 8. The van der Waals surface area contributed by atoms with Crippen molar-refractivity contribution in [2.45, 2.75) is 45.8 Å². The van der Waals surface area contributed by atoms with Gasteiger partial charge in [-0.15, -0.1) is 0 Å². The van der Waals surface area contributed by atoms with E-state index < -0.39 is 0 Å². The molecule has 0 radical (unpaired) electrons. The van der Waals surface area contributed by atoms with Gasteiger partial charge in [0.1, 0.15) is 0 Å². The fourth-order valence-corrected chi connectivity index (χ4v) is 2.22. The topological polar surface area (TPSA) is 34.2 Å². The first-order chi connectivity index (χ1) is 8.90. The minimum Gasteiger partial charge on any atom is -0.375 e. The van der Waals surface area contributed by atoms with Gasteiger partial charge >= 0.3 is 0 Å². The van der Waals surface area contributed by atoms with Gasteiger partial charge in [-0.1, -0.05) is 32.3 Å². The van der Waals surface area contributed by atoms with Crippen LogP contribution in [0.15, 0.2) is 18.3 Å². The summed E-state index contributed by atoms with van der Waals surface area (Å²) < 4.78 is 5.76. The maximum atomic E-state index is 5.76. The van der Waals surface area contributed by atoms with E-state index in [1.165, 1.54) is 31.2 Å². The standard InChI is InChI=1S/C15H24N2O/c1-2-16-11-14-7-4-9-17-15(14)12-18-10-8-13-5-3-6-13/h4,7,9,13,16H,2-3,5-6,8,10-12H2,1H3. The predicted octanol–water partition coefficient (Wildman–Crippen LogP) is 2.90. The second kappa shape index (κ2) is 7.49. The first-order valence-electron chi connectivity index (χ1n) is 7.11. The van der Waals surface area contributed by atoms with Crippen molar-refractivity contribution in [3.05, 3.63) is 29.6 Å². The summed E-state index contributed by atoms with van der Waals surface area (Å²) in [7, 11) is 0. The molecule has 0 atom stereocenters. The Morgan fingerprint density at radius 2 is 2.33 bits per heavy atom. The highest BCUT2D eigenvalue weighted by Gasteiger charge is 2.16. The average Bonchev–Trinajstić information content (AvgIpc) is 2.35. The maximum Gasteiger partial charge on any atom is 0.0891 e. The summed E-state index contributed by atoms with van der Waals surface area (Å²) >= 11 is 0. The van der Waals surface area contributed by atoms with Crippen LogP contribution in [0, 0.1) is 5.92 Å². The van der Waals surface area contributed by atoms with E-state index in [4.69, 9.17) is 4.74 Å². The van der Waals surface area contributed by atoms with Crippen molar-refractivity contribution in [1.82, 2.24) is 10.3 Å². The lowest BCUT2D eigenvalue weighted by molar-refractivity contribution is 0.0924. The first-order valence-corrected chi connectivity index (χ1v) is 7.11. The molecule has 3 heteroatoms. The molecule has 0 bridgehead atoms. The van der Waals surface area contributed by atoms with Crippen molar-refractivity contribution in [2.75, 3.05) is 13.2 Å². The van der Waals surface area contributed by atoms with Crippen LogP contribution in [0.2, 0.25) is 0 Å². The predicted molar refractivity (Wildman–Crippen MR) is 73.2 cm³/mol. The molecule has 0 spiro atoms. The van der Waals surface area contributed by atoms with Gasteiger partial charge in [-0.25, -0.2) is 0 Å². The molecule has 0 amide bonds. The number of pyridine rings is 1. The molecule has 2 rings (SSSR count). The summed E-state index contributed by atoms with van der Waals surface area (Å²) in [5.74, 6) is 0.926. The normalized spacial score (nSPS) is 15.6. The molecule has 18 heavy (non-hydrogen) atoms. The Morgan fingerprint density at radius 3 is 3.06 bits per heavy atom. The maximum absolute atomic E-state index is 5.76. The summed E-state index contributed by atoms with van der Waals surface area (Å²) in [5, 5.41) is 3.34. The van der Waals surface area contributed by atoms with Crippen molar-refractivity contribution in [3.8, 4) is 0 Å². The van der Waals surface area contributed by atoms with Gasteiger partial charge in [0.15, 0.2) is 0 Å². The number of nitrogens with one attached hydrogen (secondary N) is 1. The molecule has 0 saturated heterocycles. The van der Waals surface area contributed by atoms with Crippen LogP contribution >= 0.6 is 0 Å². The number of aromatic nitrogens is 1. The van der Waals surface area contributed by atoms with Crippen LogP contribution in [-0.2, 0) is 17.9 Å². The monoisotopic (exact) mass is 248 g/mol. The van der Waals surface area contributed by atoms with E-state index in [1.807, 2.05) is 12.3 Å². The molecule has 0 aliphatic heterocycles. The molecule has 1 aromatic rings. The highest BCUT2D eigenvalue weighted by molar-refractivity contribution is 5.18. The third-order valence-electron chi connectivity index (χ3n) is 3.68. The minimum atomic E-state index is 0.647. The Bertz CT molecular complexity index is 350. The lowest BCUT2D eigenvalue weighted by Gasteiger charge is -2.24. The minimum absolute atomic E-state index is 0.647. The summed E-state index contributed by atoms with van der Waals surface area (Å²) in [6, 6.07) is 4.12. The van der Waals surface area contributed by atoms with Gasteiger partial charge in [0, 0.05) is 19.3 Å². The zero-order valence-corrected chi connectivity index (χ0v) is 11.3. The Labute approximate surface area is 110 Å². The largest absolute Gasteiger partial charge is 0.375 e. The Morgan fingerprint density at radius 1 is 1.44 bits per heavy atom. The Balaban J connectivity index is 1.72. The molecule has 0 unspecified atom stereocenters. The number of hydrogen-bond donors (Lipinski definition) is 1. The van der Waals surface area contributed by atoms with Crippen molar-refractivity contribution < 1.29 is 4.74 Å². The molecule has 1 aromatic heterocycles. The van der Waals surface area contributed by atoms with Crippen molar-refractivity contribution >= 4 is 0 Å². The molecule has 1 heterocycles. The first kappa shape index (κ1) is 13.5. The third-order valence-corrected chi connectivity index (χ3v) is 3.68. The van der Waals surface area contributed by atoms with Gasteiger partial charge in [0.25, 0.3) is 0 Å². The van der Waals surface area contributed by atoms with Gasteiger partial charge in [0.05, 0.1) is 12.3 Å². The highest BCUT2D eigenvalue weighted by Crippen LogP contribution is 2.29. The van der Waals surface area contributed by atoms with Crippen molar-refractivity contribution in [2.24, 2.45) is 5.92 Å². The van der Waals surface area contributed by atoms with E-state index in [1.54, 1.807) is 0 Å². The number of nitrogens with zero attached hydrogens (tertiary/aromatic N) is 1. The summed E-state index contributed by atoms with van der Waals surface area (Å²) in [4.78, 5) is 4.42. The molecule has 100 valence electrons. The summed E-state index contributed by atoms with van der Waals surface area (Å²) in [6.07, 6.45) is 7.28. The van der Waals surface area contributed by atoms with Gasteiger partial charge < -0.3 is 10.1 Å². The van der Waals surface area contributed by atoms with Crippen LogP contribution in [0.5, 0.6) is 0 Å². The van der Waals surface area contributed by atoms with Crippen LogP contribution in [-0.4, -0.2) is 18.1 Å². The van der Waals surface area contributed by atoms with E-state index >= 15 is 0 Å². The fourth-order valence-electron chi connectivity index (χ4n) is 2.22. The van der Waals surface area contributed by atoms with Crippen LogP contribution in [0.25, 0.3) is 0 Å². The molecule has 0 aromatic carbocycles. The molecule has 1 saturated carbocycles. The van der Waals surface area contributed by atoms with Gasteiger partial charge in [-0.2, -0.15) is 0 Å². The zero-order valence-electron chi connectivity index (χ0n) is 11.3. The molecule has 1 aliphatic rings. The van der Waals surface area contributed by atoms with E-state index in [-0.39, 0.29) is 0 Å². The average molecular weight is 248 g/mol. The summed E-state index contributed by atoms with van der Waals surface area (Å²) in [6.45, 7) is 5.50. The van der Waals surface area contributed by atoms with Crippen LogP contribution < -0.4 is 5.32 Å². The SMILES string of the molecule is CCNCc1cccnc1COCCC1CCC1. The van der Waals surface area contributed by atoms with Gasteiger partial charge in [0.2, 0.25) is 0 Å². The van der Waals surface area contributed by atoms with Gasteiger partial charge in [-0.3, -0.25) is 4.98 Å². The Kier molecular flexibility index (Phi) is 5.62. The molecular formula is C15H24N2O. The molecule has 1 N–H and O–H groups in total. The van der Waals surface area contributed by atoms with Crippen molar-refractivity contribution in [3.63, 3.8) is 0 Å². The van der Waals surface area contributed by atoms with Gasteiger partial charge in [-0.05, 0) is 30.5 Å². The number of hydrogen-bond acceptors (Lipinski definition) is 3. The van der Waals surface area contributed by atoms with Crippen LogP contribution in [0.3, 0.4) is 0 Å². The Hall–Kier alpha value is -0.930. The van der Waals surface area contributed by atoms with Crippen molar-refractivity contribution in [1.29, 1.82) is 0 Å². The van der Waals surface area contributed by atoms with E-state index in [2.05, 4.69) is 23.3 Å². The molecular weight excluding hydrogens is 224 g/mol. The highest BCUT2D eigenvalue weighted by atomic mass is 16.5. The second-order valence-corrected chi connectivity index (χ2v) is 5.03. The van der Waals surface area contributed by atoms with E-state index in [0.717, 1.165) is 31.3 Å². The lowest BCUT2D eigenvalue weighted by Crippen LogP contribution is -2.15. The molecule has 1 fully saturated rings. The smallest absolute Gasteiger partial charge is 0.0891 e. The fraction of sp³-hybridized carbons (Fsp3) is 0.667.